The lowest BCUT2D eigenvalue weighted by Gasteiger charge is -2.06. The van der Waals surface area contributed by atoms with Crippen LogP contribution in [0.15, 0.2) is 72.8 Å². The van der Waals surface area contributed by atoms with Crippen LogP contribution in [0.3, 0.4) is 0 Å². The summed E-state index contributed by atoms with van der Waals surface area (Å²) < 4.78 is 0. The Bertz CT molecular complexity index is 1080. The third-order valence-corrected chi connectivity index (χ3v) is 4.19. The van der Waals surface area contributed by atoms with Gasteiger partial charge in [-0.1, -0.05) is 42.5 Å². The first-order valence-corrected chi connectivity index (χ1v) is 7.36. The number of para-hydroxylation sites is 2. The van der Waals surface area contributed by atoms with Gasteiger partial charge < -0.3 is 0 Å². The first-order valence-electron chi connectivity index (χ1n) is 7.36. The molecule has 0 aliphatic rings. The fourth-order valence-corrected chi connectivity index (χ4v) is 3.10. The Morgan fingerprint density at radius 2 is 1.18 bits per heavy atom. The first kappa shape index (κ1) is 11.6. The Morgan fingerprint density at radius 1 is 0.500 bits per heavy atom. The molecular weight excluding hydrogens is 268 g/mol. The summed E-state index contributed by atoms with van der Waals surface area (Å²) in [5.41, 5.74) is 3.80. The van der Waals surface area contributed by atoms with E-state index in [1.807, 2.05) is 24.3 Å². The summed E-state index contributed by atoms with van der Waals surface area (Å²) in [6.45, 7) is 0. The predicted octanol–water partition coefficient (Wildman–Crippen LogP) is 5.09. The Balaban J connectivity index is 2.00. The zero-order valence-corrected chi connectivity index (χ0v) is 11.8. The van der Waals surface area contributed by atoms with Crippen LogP contribution in [0.1, 0.15) is 0 Å². The maximum Gasteiger partial charge on any atom is 0.0973 e. The van der Waals surface area contributed by atoms with E-state index in [4.69, 9.17) is 9.97 Å². The van der Waals surface area contributed by atoms with E-state index in [2.05, 4.69) is 48.5 Å². The summed E-state index contributed by atoms with van der Waals surface area (Å²) in [7, 11) is 0. The average molecular weight is 280 g/mol. The quantitative estimate of drug-likeness (QED) is 0.292. The smallest absolute Gasteiger partial charge is 0.0973 e. The molecule has 102 valence electrons. The fourth-order valence-electron chi connectivity index (χ4n) is 3.10. The summed E-state index contributed by atoms with van der Waals surface area (Å²) in [6.07, 6.45) is 0. The van der Waals surface area contributed by atoms with Gasteiger partial charge in [0.05, 0.1) is 22.1 Å². The van der Waals surface area contributed by atoms with Gasteiger partial charge in [-0.25, -0.2) is 9.97 Å². The molecule has 0 fully saturated rings. The molecule has 0 aliphatic carbocycles. The van der Waals surface area contributed by atoms with E-state index in [0.717, 1.165) is 27.5 Å². The topological polar surface area (TPSA) is 25.8 Å². The van der Waals surface area contributed by atoms with E-state index in [1.54, 1.807) is 0 Å². The highest BCUT2D eigenvalue weighted by Gasteiger charge is 2.06. The highest BCUT2D eigenvalue weighted by atomic mass is 14.8. The van der Waals surface area contributed by atoms with Crippen molar-refractivity contribution < 1.29 is 0 Å². The molecule has 1 heterocycles. The molecule has 0 saturated heterocycles. The maximum absolute atomic E-state index is 4.85. The van der Waals surface area contributed by atoms with Crippen LogP contribution in [0.25, 0.3) is 43.6 Å². The molecule has 5 aromatic rings. The minimum absolute atomic E-state index is 0.940. The minimum atomic E-state index is 0.940. The molecular formula is C20H12N2. The molecule has 0 atom stereocenters. The van der Waals surface area contributed by atoms with Crippen molar-refractivity contribution in [2.45, 2.75) is 0 Å². The number of hydrogen-bond acceptors (Lipinski definition) is 2. The van der Waals surface area contributed by atoms with Crippen LogP contribution in [0.4, 0.5) is 0 Å². The highest BCUT2D eigenvalue weighted by Crippen LogP contribution is 2.28. The SMILES string of the molecule is c1ccc2cc3c(ccc4nc5ccccc5nc43)cc2c1. The predicted molar refractivity (Wildman–Crippen MR) is 92.1 cm³/mol. The van der Waals surface area contributed by atoms with Crippen molar-refractivity contribution in [2.24, 2.45) is 0 Å². The van der Waals surface area contributed by atoms with Crippen LogP contribution in [-0.4, -0.2) is 9.97 Å². The van der Waals surface area contributed by atoms with Gasteiger partial charge in [0.15, 0.2) is 0 Å². The zero-order valence-electron chi connectivity index (χ0n) is 11.8. The molecule has 0 unspecified atom stereocenters. The molecule has 4 aromatic carbocycles. The van der Waals surface area contributed by atoms with Gasteiger partial charge in [-0.05, 0) is 46.5 Å². The second kappa shape index (κ2) is 4.25. The molecule has 22 heavy (non-hydrogen) atoms. The Kier molecular flexibility index (Phi) is 2.25. The Morgan fingerprint density at radius 3 is 2.00 bits per heavy atom. The fraction of sp³-hybridized carbons (Fsp3) is 0. The lowest BCUT2D eigenvalue weighted by Crippen LogP contribution is -1.88. The minimum Gasteiger partial charge on any atom is -0.244 e. The van der Waals surface area contributed by atoms with Crippen LogP contribution in [0.5, 0.6) is 0 Å². The summed E-state index contributed by atoms with van der Waals surface area (Å²) >= 11 is 0. The van der Waals surface area contributed by atoms with Crippen molar-refractivity contribution in [2.75, 3.05) is 0 Å². The van der Waals surface area contributed by atoms with E-state index in [9.17, 15) is 0 Å². The number of aromatic nitrogens is 2. The van der Waals surface area contributed by atoms with Gasteiger partial charge in [-0.15, -0.1) is 0 Å². The second-order valence-electron chi connectivity index (χ2n) is 5.57. The second-order valence-corrected chi connectivity index (χ2v) is 5.57. The number of nitrogens with zero attached hydrogens (tertiary/aromatic N) is 2. The van der Waals surface area contributed by atoms with E-state index in [1.165, 1.54) is 16.2 Å². The van der Waals surface area contributed by atoms with Gasteiger partial charge in [-0.3, -0.25) is 0 Å². The lowest BCUT2D eigenvalue weighted by atomic mass is 10.0. The van der Waals surface area contributed by atoms with Crippen molar-refractivity contribution >= 4 is 43.6 Å². The number of fused-ring (bicyclic) bond motifs is 5. The zero-order chi connectivity index (χ0) is 14.5. The third-order valence-electron chi connectivity index (χ3n) is 4.19. The molecule has 0 spiro atoms. The Labute approximate surface area is 127 Å². The molecule has 2 nitrogen and oxygen atoms in total. The van der Waals surface area contributed by atoms with Gasteiger partial charge in [0.25, 0.3) is 0 Å². The van der Waals surface area contributed by atoms with Gasteiger partial charge in [0.2, 0.25) is 0 Å². The van der Waals surface area contributed by atoms with Crippen molar-refractivity contribution in [3.05, 3.63) is 72.8 Å². The van der Waals surface area contributed by atoms with E-state index in [0.29, 0.717) is 0 Å². The van der Waals surface area contributed by atoms with Crippen LogP contribution < -0.4 is 0 Å². The van der Waals surface area contributed by atoms with Crippen LogP contribution >= 0.6 is 0 Å². The Hall–Kier alpha value is -3.00. The first-order chi connectivity index (χ1) is 10.9. The van der Waals surface area contributed by atoms with Gasteiger partial charge in [0.1, 0.15) is 0 Å². The molecule has 5 rings (SSSR count). The molecule has 0 radical (unpaired) electrons. The largest absolute Gasteiger partial charge is 0.244 e. The summed E-state index contributed by atoms with van der Waals surface area (Å²) in [5, 5.41) is 4.85. The molecule has 0 aliphatic heterocycles. The van der Waals surface area contributed by atoms with E-state index in [-0.39, 0.29) is 0 Å². The molecule has 0 bridgehead atoms. The van der Waals surface area contributed by atoms with Crippen molar-refractivity contribution in [1.82, 2.24) is 9.97 Å². The van der Waals surface area contributed by atoms with Crippen molar-refractivity contribution in [3.63, 3.8) is 0 Å². The molecule has 0 saturated carbocycles. The van der Waals surface area contributed by atoms with Gasteiger partial charge in [0, 0.05) is 5.39 Å². The highest BCUT2D eigenvalue weighted by molar-refractivity contribution is 6.10. The normalized spacial score (nSPS) is 11.6. The van der Waals surface area contributed by atoms with Crippen molar-refractivity contribution in [3.8, 4) is 0 Å². The van der Waals surface area contributed by atoms with Gasteiger partial charge >= 0.3 is 0 Å². The third kappa shape index (κ3) is 1.61. The van der Waals surface area contributed by atoms with E-state index >= 15 is 0 Å². The van der Waals surface area contributed by atoms with Gasteiger partial charge in [-0.2, -0.15) is 0 Å². The summed E-state index contributed by atoms with van der Waals surface area (Å²) in [6, 6.07) is 25.1. The number of rotatable bonds is 0. The van der Waals surface area contributed by atoms with Crippen LogP contribution in [-0.2, 0) is 0 Å². The maximum atomic E-state index is 4.85. The monoisotopic (exact) mass is 280 g/mol. The number of hydrogen-bond donors (Lipinski definition) is 0. The summed E-state index contributed by atoms with van der Waals surface area (Å²) in [4.78, 5) is 9.60. The van der Waals surface area contributed by atoms with Crippen LogP contribution in [0.2, 0.25) is 0 Å². The molecule has 1 aromatic heterocycles. The van der Waals surface area contributed by atoms with E-state index < -0.39 is 0 Å². The molecule has 2 heteroatoms. The lowest BCUT2D eigenvalue weighted by molar-refractivity contribution is 1.41. The molecule has 0 amide bonds. The average Bonchev–Trinajstić information content (AvgIpc) is 2.58. The standard InChI is InChI=1S/C20H12N2/c1-2-6-14-12-16-15(11-13(14)5-1)9-10-19-20(16)22-18-8-4-3-7-17(18)21-19/h1-12H. The van der Waals surface area contributed by atoms with Crippen LogP contribution in [0, 0.1) is 0 Å². The number of benzene rings is 4. The van der Waals surface area contributed by atoms with Crippen molar-refractivity contribution in [1.29, 1.82) is 0 Å². The summed E-state index contributed by atoms with van der Waals surface area (Å²) in [5.74, 6) is 0. The molecule has 0 N–H and O–H groups in total.